The van der Waals surface area contributed by atoms with E-state index in [1.54, 1.807) is 12.4 Å². The van der Waals surface area contributed by atoms with Gasteiger partial charge in [0.1, 0.15) is 0 Å². The van der Waals surface area contributed by atoms with E-state index in [1.165, 1.54) is 25.7 Å². The van der Waals surface area contributed by atoms with Crippen LogP contribution in [-0.2, 0) is 0 Å². The van der Waals surface area contributed by atoms with Crippen molar-refractivity contribution in [3.05, 3.63) is 30.6 Å². The van der Waals surface area contributed by atoms with Crippen LogP contribution in [0.2, 0.25) is 0 Å². The highest BCUT2D eigenvalue weighted by atomic mass is 14.9. The smallest absolute Gasteiger partial charge is 0.0267 e. The first-order valence-corrected chi connectivity index (χ1v) is 5.87. The molecule has 0 radical (unpaired) electrons. The molecule has 0 aliphatic heterocycles. The van der Waals surface area contributed by atoms with Crippen LogP contribution < -0.4 is 5.32 Å². The lowest BCUT2D eigenvalue weighted by atomic mass is 9.94. The van der Waals surface area contributed by atoms with Crippen LogP contribution in [0.4, 0.5) is 0 Å². The Morgan fingerprint density at radius 3 is 1.73 bits per heavy atom. The van der Waals surface area contributed by atoms with Gasteiger partial charge < -0.3 is 5.32 Å². The first kappa shape index (κ1) is 14.1. The summed E-state index contributed by atoms with van der Waals surface area (Å²) in [5.74, 6) is 0. The molecular weight excluding hydrogens is 184 g/mol. The van der Waals surface area contributed by atoms with Crippen LogP contribution in [0.25, 0.3) is 0 Å². The van der Waals surface area contributed by atoms with Crippen molar-refractivity contribution in [3.63, 3.8) is 0 Å². The van der Waals surface area contributed by atoms with Crippen molar-refractivity contribution in [1.29, 1.82) is 0 Å². The zero-order chi connectivity index (χ0) is 11.4. The average molecular weight is 208 g/mol. The molecule has 1 N–H and O–H groups in total. The second-order valence-corrected chi connectivity index (χ2v) is 3.65. The monoisotopic (exact) mass is 208 g/mol. The Balaban J connectivity index is 0.000000210. The fourth-order valence-corrected chi connectivity index (χ4v) is 1.01. The minimum atomic E-state index is 0.866. The Hall–Kier alpha value is -0.890. The number of aromatic nitrogens is 1. The third kappa shape index (κ3) is 9.42. The predicted octanol–water partition coefficient (Wildman–Crippen LogP) is 3.26. The third-order valence-electron chi connectivity index (χ3n) is 2.08. The van der Waals surface area contributed by atoms with Crippen LogP contribution >= 0.6 is 0 Å². The van der Waals surface area contributed by atoms with Crippen molar-refractivity contribution >= 4 is 0 Å². The Morgan fingerprint density at radius 2 is 1.67 bits per heavy atom. The first-order chi connectivity index (χ1) is 7.35. The molecular formula is C13H24N2. The summed E-state index contributed by atoms with van der Waals surface area (Å²) in [6.07, 6.45) is 8.98. The molecule has 1 aliphatic carbocycles. The summed E-state index contributed by atoms with van der Waals surface area (Å²) in [6.45, 7) is 4.25. The quantitative estimate of drug-likeness (QED) is 0.766. The first-order valence-electron chi connectivity index (χ1n) is 5.87. The number of hydrogen-bond donors (Lipinski definition) is 1. The highest BCUT2D eigenvalue weighted by Gasteiger charge is 2.13. The van der Waals surface area contributed by atoms with E-state index in [0.29, 0.717) is 0 Å². The predicted molar refractivity (Wildman–Crippen MR) is 66.9 cm³/mol. The molecule has 2 rings (SSSR count). The normalized spacial score (nSPS) is 13.8. The molecule has 1 heterocycles. The number of nitrogens with zero attached hydrogens (tertiary/aromatic N) is 1. The van der Waals surface area contributed by atoms with E-state index in [-0.39, 0.29) is 0 Å². The van der Waals surface area contributed by atoms with Crippen LogP contribution in [-0.4, -0.2) is 18.1 Å². The summed E-state index contributed by atoms with van der Waals surface area (Å²) >= 11 is 0. The average Bonchev–Trinajstić information content (AvgIpc) is 2.21. The number of nitrogens with one attached hydrogen (secondary N) is 1. The van der Waals surface area contributed by atoms with Crippen molar-refractivity contribution < 1.29 is 0 Å². The van der Waals surface area contributed by atoms with Gasteiger partial charge in [0.15, 0.2) is 0 Å². The van der Waals surface area contributed by atoms with Crippen molar-refractivity contribution in [3.8, 4) is 0 Å². The molecule has 86 valence electrons. The molecule has 0 spiro atoms. The lowest BCUT2D eigenvalue weighted by Gasteiger charge is -2.23. The van der Waals surface area contributed by atoms with Crippen LogP contribution in [0, 0.1) is 0 Å². The van der Waals surface area contributed by atoms with Gasteiger partial charge in [-0.25, -0.2) is 0 Å². The van der Waals surface area contributed by atoms with Gasteiger partial charge in [0, 0.05) is 18.4 Å². The number of hydrogen-bond acceptors (Lipinski definition) is 2. The minimum Gasteiger partial charge on any atom is -0.317 e. The fourth-order valence-electron chi connectivity index (χ4n) is 1.01. The number of pyridine rings is 1. The minimum absolute atomic E-state index is 0.866. The third-order valence-corrected chi connectivity index (χ3v) is 2.08. The van der Waals surface area contributed by atoms with E-state index in [9.17, 15) is 0 Å². The second kappa shape index (κ2) is 11.2. The maximum atomic E-state index is 3.78. The van der Waals surface area contributed by atoms with E-state index in [0.717, 1.165) is 6.04 Å². The van der Waals surface area contributed by atoms with E-state index >= 15 is 0 Å². The van der Waals surface area contributed by atoms with Gasteiger partial charge in [-0.3, -0.25) is 4.98 Å². The van der Waals surface area contributed by atoms with E-state index in [1.807, 2.05) is 25.2 Å². The van der Waals surface area contributed by atoms with Crippen LogP contribution in [0.15, 0.2) is 30.6 Å². The molecule has 1 fully saturated rings. The summed E-state index contributed by atoms with van der Waals surface area (Å²) in [7, 11) is 2.03. The lowest BCUT2D eigenvalue weighted by Crippen LogP contribution is -2.31. The van der Waals surface area contributed by atoms with Gasteiger partial charge in [-0.05, 0) is 32.0 Å². The zero-order valence-electron chi connectivity index (χ0n) is 10.2. The summed E-state index contributed by atoms with van der Waals surface area (Å²) in [4.78, 5) is 3.78. The van der Waals surface area contributed by atoms with Gasteiger partial charge in [-0.1, -0.05) is 32.8 Å². The highest BCUT2D eigenvalue weighted by Crippen LogP contribution is 2.16. The molecule has 2 heteroatoms. The Bertz CT molecular complexity index is 165. The molecule has 0 atom stereocenters. The molecule has 1 saturated carbocycles. The Kier molecular flexibility index (Phi) is 10.5. The topological polar surface area (TPSA) is 24.9 Å². The molecule has 0 saturated heterocycles. The van der Waals surface area contributed by atoms with Crippen molar-refractivity contribution in [2.24, 2.45) is 0 Å². The Labute approximate surface area is 94.1 Å². The summed E-state index contributed by atoms with van der Waals surface area (Å²) in [6, 6.07) is 6.58. The molecule has 0 unspecified atom stereocenters. The van der Waals surface area contributed by atoms with Crippen LogP contribution in [0.3, 0.4) is 0 Å². The SMILES string of the molecule is CCC.CNC1CCC1.c1ccncc1. The zero-order valence-corrected chi connectivity index (χ0v) is 10.2. The molecule has 1 aromatic rings. The van der Waals surface area contributed by atoms with Crippen molar-refractivity contribution in [1.82, 2.24) is 10.3 Å². The maximum Gasteiger partial charge on any atom is 0.0267 e. The molecule has 15 heavy (non-hydrogen) atoms. The maximum absolute atomic E-state index is 3.78. The van der Waals surface area contributed by atoms with Crippen LogP contribution in [0.5, 0.6) is 0 Å². The summed E-state index contributed by atoms with van der Waals surface area (Å²) in [5.41, 5.74) is 0. The van der Waals surface area contributed by atoms with Crippen molar-refractivity contribution in [2.45, 2.75) is 45.6 Å². The van der Waals surface area contributed by atoms with Gasteiger partial charge in [0.2, 0.25) is 0 Å². The van der Waals surface area contributed by atoms with Gasteiger partial charge in [-0.15, -0.1) is 0 Å². The second-order valence-electron chi connectivity index (χ2n) is 3.65. The highest BCUT2D eigenvalue weighted by molar-refractivity contribution is 4.88. The van der Waals surface area contributed by atoms with Gasteiger partial charge >= 0.3 is 0 Å². The molecule has 0 aromatic carbocycles. The van der Waals surface area contributed by atoms with E-state index in [4.69, 9.17) is 0 Å². The molecule has 1 aliphatic rings. The Morgan fingerprint density at radius 1 is 1.13 bits per heavy atom. The van der Waals surface area contributed by atoms with Crippen LogP contribution in [0.1, 0.15) is 39.5 Å². The summed E-state index contributed by atoms with van der Waals surface area (Å²) in [5, 5.41) is 3.20. The number of rotatable bonds is 1. The molecule has 1 aromatic heterocycles. The van der Waals surface area contributed by atoms with Gasteiger partial charge in [0.25, 0.3) is 0 Å². The molecule has 2 nitrogen and oxygen atoms in total. The fraction of sp³-hybridized carbons (Fsp3) is 0.615. The standard InChI is InChI=1S/C5H11N.C5H5N.C3H8/c1-6-5-3-2-4-5;1-2-4-6-5-3-1;1-3-2/h5-6H,2-4H2,1H3;1-5H;3H2,1-2H3. The van der Waals surface area contributed by atoms with E-state index in [2.05, 4.69) is 24.1 Å². The van der Waals surface area contributed by atoms with E-state index < -0.39 is 0 Å². The molecule has 0 bridgehead atoms. The van der Waals surface area contributed by atoms with Crippen molar-refractivity contribution in [2.75, 3.05) is 7.05 Å². The largest absolute Gasteiger partial charge is 0.317 e. The van der Waals surface area contributed by atoms with Gasteiger partial charge in [0.05, 0.1) is 0 Å². The molecule has 0 amide bonds. The van der Waals surface area contributed by atoms with Gasteiger partial charge in [-0.2, -0.15) is 0 Å². The lowest BCUT2D eigenvalue weighted by molar-refractivity contribution is 0.361. The summed E-state index contributed by atoms with van der Waals surface area (Å²) < 4.78 is 0.